The molecule has 0 aliphatic heterocycles. The molecule has 1 saturated carbocycles. The Labute approximate surface area is 205 Å². The Hall–Kier alpha value is -3.61. The lowest BCUT2D eigenvalue weighted by Gasteiger charge is -2.16. The number of nitrogens with one attached hydrogen (secondary N) is 2. The highest BCUT2D eigenvalue weighted by Crippen LogP contribution is 2.44. The highest BCUT2D eigenvalue weighted by molar-refractivity contribution is 5.86. The second kappa shape index (κ2) is 11.2. The number of benzene rings is 2. The third-order valence-electron chi connectivity index (χ3n) is 7.05. The molecule has 0 saturated heterocycles. The fourth-order valence-electron chi connectivity index (χ4n) is 5.17. The van der Waals surface area contributed by atoms with Crippen LogP contribution < -0.4 is 10.6 Å². The first-order valence-corrected chi connectivity index (χ1v) is 12.2. The SMILES string of the molecule is C/C(=C\CNC(=O)CC1CCC(CNC(=O)OCC2c3ccccc3-c3ccccc32)C1)C(=O)O. The van der Waals surface area contributed by atoms with E-state index < -0.39 is 12.1 Å². The molecule has 0 aromatic heterocycles. The summed E-state index contributed by atoms with van der Waals surface area (Å²) in [7, 11) is 0. The molecule has 0 spiro atoms. The van der Waals surface area contributed by atoms with E-state index in [4.69, 9.17) is 9.84 Å². The monoisotopic (exact) mass is 476 g/mol. The van der Waals surface area contributed by atoms with Crippen LogP contribution in [0.15, 0.2) is 60.2 Å². The number of aliphatic carboxylic acids is 1. The van der Waals surface area contributed by atoms with E-state index in [9.17, 15) is 14.4 Å². The van der Waals surface area contributed by atoms with Gasteiger partial charge in [0.1, 0.15) is 6.61 Å². The summed E-state index contributed by atoms with van der Waals surface area (Å²) in [6, 6.07) is 16.5. The van der Waals surface area contributed by atoms with Crippen LogP contribution in [-0.2, 0) is 14.3 Å². The lowest BCUT2D eigenvalue weighted by atomic mass is 9.98. The Morgan fingerprint density at radius 1 is 0.971 bits per heavy atom. The largest absolute Gasteiger partial charge is 0.478 e. The maximum Gasteiger partial charge on any atom is 0.407 e. The Morgan fingerprint density at radius 3 is 2.26 bits per heavy atom. The minimum atomic E-state index is -0.984. The van der Waals surface area contributed by atoms with E-state index in [1.54, 1.807) is 0 Å². The third-order valence-corrected chi connectivity index (χ3v) is 7.05. The summed E-state index contributed by atoms with van der Waals surface area (Å²) >= 11 is 0. The summed E-state index contributed by atoms with van der Waals surface area (Å²) in [5.41, 5.74) is 4.99. The van der Waals surface area contributed by atoms with Gasteiger partial charge in [0.05, 0.1) is 0 Å². The van der Waals surface area contributed by atoms with Gasteiger partial charge in [-0.15, -0.1) is 0 Å². The first kappa shape index (κ1) is 24.5. The Bertz CT molecular complexity index is 1080. The molecular formula is C28H32N2O5. The van der Waals surface area contributed by atoms with E-state index in [1.165, 1.54) is 35.3 Å². The molecule has 7 nitrogen and oxygen atoms in total. The minimum absolute atomic E-state index is 0.0386. The van der Waals surface area contributed by atoms with Gasteiger partial charge in [-0.25, -0.2) is 9.59 Å². The Kier molecular flexibility index (Phi) is 7.85. The van der Waals surface area contributed by atoms with Crippen molar-refractivity contribution in [3.8, 4) is 11.1 Å². The minimum Gasteiger partial charge on any atom is -0.478 e. The number of alkyl carbamates (subject to hydrolysis) is 1. The van der Waals surface area contributed by atoms with Crippen LogP contribution in [0.25, 0.3) is 11.1 Å². The number of fused-ring (bicyclic) bond motifs is 3. The molecule has 35 heavy (non-hydrogen) atoms. The van der Waals surface area contributed by atoms with Crippen molar-refractivity contribution in [1.82, 2.24) is 10.6 Å². The number of carbonyl (C=O) groups excluding carboxylic acids is 2. The summed E-state index contributed by atoms with van der Waals surface area (Å²) in [6.07, 6.45) is 4.28. The van der Waals surface area contributed by atoms with E-state index in [2.05, 4.69) is 34.9 Å². The molecule has 3 N–H and O–H groups in total. The van der Waals surface area contributed by atoms with Crippen LogP contribution in [0.1, 0.15) is 49.7 Å². The molecule has 1 fully saturated rings. The predicted octanol–water partition coefficient (Wildman–Crippen LogP) is 4.48. The standard InChI is InChI=1S/C28H32N2O5/c1-18(27(32)33)12-13-29-26(31)15-19-10-11-20(14-19)16-30-28(34)35-17-25-23-8-4-2-6-21(23)22-7-3-5-9-24(22)25/h2-9,12,19-20,25H,10-11,13-17H2,1H3,(H,29,31)(H,30,34)(H,32,33)/b18-12+. The second-order valence-electron chi connectivity index (χ2n) is 9.45. The van der Waals surface area contributed by atoms with E-state index in [0.717, 1.165) is 19.3 Å². The number of hydrogen-bond donors (Lipinski definition) is 3. The van der Waals surface area contributed by atoms with Crippen molar-refractivity contribution in [2.24, 2.45) is 11.8 Å². The van der Waals surface area contributed by atoms with Crippen molar-refractivity contribution in [1.29, 1.82) is 0 Å². The second-order valence-corrected chi connectivity index (χ2v) is 9.45. The predicted molar refractivity (Wildman–Crippen MR) is 133 cm³/mol. The molecule has 2 unspecified atom stereocenters. The molecule has 2 aromatic carbocycles. The van der Waals surface area contributed by atoms with Crippen LogP contribution in [-0.4, -0.2) is 42.8 Å². The first-order chi connectivity index (χ1) is 16.9. The van der Waals surface area contributed by atoms with E-state index in [1.807, 2.05) is 24.3 Å². The third kappa shape index (κ3) is 6.10. The molecule has 2 amide bonds. The lowest BCUT2D eigenvalue weighted by Crippen LogP contribution is -2.30. The van der Waals surface area contributed by atoms with Gasteiger partial charge in [-0.2, -0.15) is 0 Å². The van der Waals surface area contributed by atoms with Crippen molar-refractivity contribution in [2.45, 2.75) is 38.5 Å². The number of hydrogen-bond acceptors (Lipinski definition) is 4. The number of carbonyl (C=O) groups is 3. The van der Waals surface area contributed by atoms with Gasteiger partial charge in [0, 0.05) is 31.0 Å². The van der Waals surface area contributed by atoms with Gasteiger partial charge in [-0.1, -0.05) is 54.6 Å². The Morgan fingerprint density at radius 2 is 1.60 bits per heavy atom. The number of rotatable bonds is 9. The normalized spacial score (nSPS) is 19.1. The fourth-order valence-corrected chi connectivity index (χ4v) is 5.17. The topological polar surface area (TPSA) is 105 Å². The van der Waals surface area contributed by atoms with E-state index in [0.29, 0.717) is 25.5 Å². The fraction of sp³-hybridized carbons (Fsp3) is 0.393. The highest BCUT2D eigenvalue weighted by atomic mass is 16.5. The van der Waals surface area contributed by atoms with Crippen LogP contribution in [0.2, 0.25) is 0 Å². The quantitative estimate of drug-likeness (QED) is 0.463. The van der Waals surface area contributed by atoms with Gasteiger partial charge in [0.2, 0.25) is 5.91 Å². The van der Waals surface area contributed by atoms with Crippen molar-refractivity contribution in [2.75, 3.05) is 19.7 Å². The smallest absolute Gasteiger partial charge is 0.407 e. The highest BCUT2D eigenvalue weighted by Gasteiger charge is 2.30. The van der Waals surface area contributed by atoms with Crippen molar-refractivity contribution >= 4 is 18.0 Å². The molecule has 2 aromatic rings. The Balaban J connectivity index is 1.18. The molecule has 0 bridgehead atoms. The average Bonchev–Trinajstić information content (AvgIpc) is 3.43. The maximum absolute atomic E-state index is 12.4. The summed E-state index contributed by atoms with van der Waals surface area (Å²) in [4.78, 5) is 35.3. The van der Waals surface area contributed by atoms with E-state index in [-0.39, 0.29) is 29.9 Å². The van der Waals surface area contributed by atoms with Crippen molar-refractivity contribution in [3.05, 3.63) is 71.3 Å². The number of carboxylic acid groups (broad SMARTS) is 1. The number of ether oxygens (including phenoxy) is 1. The average molecular weight is 477 g/mol. The molecule has 0 heterocycles. The first-order valence-electron chi connectivity index (χ1n) is 12.2. The van der Waals surface area contributed by atoms with Gasteiger partial charge in [0.25, 0.3) is 0 Å². The molecule has 7 heteroatoms. The van der Waals surface area contributed by atoms with Crippen LogP contribution >= 0.6 is 0 Å². The molecule has 2 aliphatic rings. The zero-order valence-corrected chi connectivity index (χ0v) is 20.0. The number of amides is 2. The van der Waals surface area contributed by atoms with Gasteiger partial charge >= 0.3 is 12.1 Å². The zero-order valence-electron chi connectivity index (χ0n) is 20.0. The number of carboxylic acids is 1. The summed E-state index contributed by atoms with van der Waals surface area (Å²) in [5.74, 6) is -0.427. The molecule has 2 atom stereocenters. The maximum atomic E-state index is 12.4. The van der Waals surface area contributed by atoms with Crippen LogP contribution in [0, 0.1) is 11.8 Å². The molecule has 2 aliphatic carbocycles. The van der Waals surface area contributed by atoms with Gasteiger partial charge in [0.15, 0.2) is 0 Å². The summed E-state index contributed by atoms with van der Waals surface area (Å²) in [5, 5.41) is 14.5. The molecule has 184 valence electrons. The van der Waals surface area contributed by atoms with Crippen molar-refractivity contribution in [3.63, 3.8) is 0 Å². The summed E-state index contributed by atoms with van der Waals surface area (Å²) < 4.78 is 5.61. The lowest BCUT2D eigenvalue weighted by molar-refractivity contribution is -0.132. The van der Waals surface area contributed by atoms with Crippen LogP contribution in [0.5, 0.6) is 0 Å². The van der Waals surface area contributed by atoms with Gasteiger partial charge < -0.3 is 20.5 Å². The van der Waals surface area contributed by atoms with Crippen LogP contribution in [0.3, 0.4) is 0 Å². The van der Waals surface area contributed by atoms with Crippen LogP contribution in [0.4, 0.5) is 4.79 Å². The molecule has 0 radical (unpaired) electrons. The molecule has 4 rings (SSSR count). The zero-order chi connectivity index (χ0) is 24.8. The van der Waals surface area contributed by atoms with Crippen molar-refractivity contribution < 1.29 is 24.2 Å². The van der Waals surface area contributed by atoms with E-state index >= 15 is 0 Å². The van der Waals surface area contributed by atoms with Gasteiger partial charge in [-0.05, 0) is 60.3 Å². The summed E-state index contributed by atoms with van der Waals surface area (Å²) in [6.45, 7) is 2.55. The van der Waals surface area contributed by atoms with Gasteiger partial charge in [-0.3, -0.25) is 4.79 Å². The molecular weight excluding hydrogens is 444 g/mol.